The molecule has 0 spiro atoms. The summed E-state index contributed by atoms with van der Waals surface area (Å²) in [6.45, 7) is 4.89. The maximum atomic E-state index is 12.4. The fourth-order valence-corrected chi connectivity index (χ4v) is 4.03. The molecule has 1 aromatic heterocycles. The number of hydrogen-bond acceptors (Lipinski definition) is 2. The number of amides is 2. The fraction of sp³-hybridized carbons (Fsp3) is 0.348. The number of nitrogens with zero attached hydrogens (tertiary/aromatic N) is 1. The van der Waals surface area contributed by atoms with Crippen LogP contribution in [0.2, 0.25) is 0 Å². The van der Waals surface area contributed by atoms with Crippen LogP contribution in [-0.2, 0) is 13.1 Å². The lowest BCUT2D eigenvalue weighted by molar-refractivity contribution is 0.152. The van der Waals surface area contributed by atoms with Gasteiger partial charge in [-0.25, -0.2) is 4.79 Å². The van der Waals surface area contributed by atoms with E-state index in [9.17, 15) is 4.79 Å². The number of carbonyl (C=O) groups excluding carboxylic acids is 1. The summed E-state index contributed by atoms with van der Waals surface area (Å²) in [5.41, 5.74) is 4.25. The zero-order chi connectivity index (χ0) is 19.3. The highest BCUT2D eigenvalue weighted by molar-refractivity contribution is 5.90. The Morgan fingerprint density at radius 3 is 2.96 bits per heavy atom. The molecule has 1 aliphatic heterocycles. The van der Waals surface area contributed by atoms with Crippen molar-refractivity contribution < 1.29 is 4.79 Å². The fourth-order valence-electron chi connectivity index (χ4n) is 4.03. The number of piperidine rings is 1. The van der Waals surface area contributed by atoms with Crippen LogP contribution in [0.3, 0.4) is 0 Å². The number of rotatable bonds is 5. The smallest absolute Gasteiger partial charge is 0.319 e. The number of aromatic nitrogens is 1. The molecule has 2 amide bonds. The monoisotopic (exact) mass is 376 g/mol. The number of hydrogen-bond donors (Lipinski definition) is 3. The predicted octanol–water partition coefficient (Wildman–Crippen LogP) is 4.86. The Kier molecular flexibility index (Phi) is 5.63. The molecule has 4 rings (SSSR count). The summed E-state index contributed by atoms with van der Waals surface area (Å²) >= 11 is 0. The Hall–Kier alpha value is -2.79. The molecule has 1 saturated heterocycles. The summed E-state index contributed by atoms with van der Waals surface area (Å²) in [7, 11) is 0. The molecule has 146 valence electrons. The zero-order valence-corrected chi connectivity index (χ0v) is 16.4. The molecule has 3 N–H and O–H groups in total. The molecule has 1 fully saturated rings. The quantitative estimate of drug-likeness (QED) is 0.595. The summed E-state index contributed by atoms with van der Waals surface area (Å²) in [6.07, 6.45) is 5.80. The summed E-state index contributed by atoms with van der Waals surface area (Å²) in [5, 5.41) is 7.07. The third kappa shape index (κ3) is 4.37. The number of H-pyrrole nitrogens is 1. The molecule has 3 aromatic rings. The van der Waals surface area contributed by atoms with Crippen molar-refractivity contribution in [3.05, 3.63) is 65.9 Å². The maximum Gasteiger partial charge on any atom is 0.319 e. The van der Waals surface area contributed by atoms with Crippen LogP contribution in [0.4, 0.5) is 10.5 Å². The van der Waals surface area contributed by atoms with Crippen LogP contribution in [-0.4, -0.2) is 28.5 Å². The first-order valence-electron chi connectivity index (χ1n) is 10.1. The van der Waals surface area contributed by atoms with Gasteiger partial charge in [0.25, 0.3) is 0 Å². The summed E-state index contributed by atoms with van der Waals surface area (Å²) in [5.74, 6) is 0. The summed E-state index contributed by atoms with van der Waals surface area (Å²) in [4.78, 5) is 18.1. The first-order chi connectivity index (χ1) is 13.7. The van der Waals surface area contributed by atoms with Crippen LogP contribution >= 0.6 is 0 Å². The number of benzene rings is 2. The van der Waals surface area contributed by atoms with Crippen molar-refractivity contribution in [3.63, 3.8) is 0 Å². The van der Waals surface area contributed by atoms with Gasteiger partial charge in [0.15, 0.2) is 0 Å². The lowest BCUT2D eigenvalue weighted by Crippen LogP contribution is -2.36. The zero-order valence-electron chi connectivity index (χ0n) is 16.4. The van der Waals surface area contributed by atoms with Gasteiger partial charge in [-0.05, 0) is 61.7 Å². The molecule has 2 aromatic carbocycles. The average Bonchev–Trinajstić information content (AvgIpc) is 3.18. The molecule has 5 nitrogen and oxygen atoms in total. The largest absolute Gasteiger partial charge is 0.361 e. The molecule has 1 unspecified atom stereocenters. The minimum atomic E-state index is -0.184. The summed E-state index contributed by atoms with van der Waals surface area (Å²) in [6, 6.07) is 16.7. The SMILES string of the molecule is CC1CCCCN1Cc1cccc(NC(=O)NCc2cccc3[nH]ccc23)c1. The third-order valence-corrected chi connectivity index (χ3v) is 5.64. The molecule has 0 bridgehead atoms. The lowest BCUT2D eigenvalue weighted by atomic mass is 10.0. The van der Waals surface area contributed by atoms with Crippen molar-refractivity contribution in [3.8, 4) is 0 Å². The molecular formula is C23H28N4O. The van der Waals surface area contributed by atoms with E-state index in [0.717, 1.165) is 35.2 Å². The minimum absolute atomic E-state index is 0.184. The van der Waals surface area contributed by atoms with Crippen molar-refractivity contribution in [2.45, 2.75) is 45.3 Å². The van der Waals surface area contributed by atoms with E-state index >= 15 is 0 Å². The van der Waals surface area contributed by atoms with Gasteiger partial charge < -0.3 is 15.6 Å². The van der Waals surface area contributed by atoms with E-state index in [4.69, 9.17) is 0 Å². The van der Waals surface area contributed by atoms with E-state index in [0.29, 0.717) is 12.6 Å². The van der Waals surface area contributed by atoms with Crippen LogP contribution in [0, 0.1) is 0 Å². The van der Waals surface area contributed by atoms with Crippen LogP contribution < -0.4 is 10.6 Å². The molecule has 0 aliphatic carbocycles. The van der Waals surface area contributed by atoms with E-state index in [1.54, 1.807) is 0 Å². The third-order valence-electron chi connectivity index (χ3n) is 5.64. The van der Waals surface area contributed by atoms with Crippen LogP contribution in [0.15, 0.2) is 54.7 Å². The Morgan fingerprint density at radius 1 is 1.18 bits per heavy atom. The van der Waals surface area contributed by atoms with Crippen LogP contribution in [0.25, 0.3) is 10.9 Å². The molecule has 2 heterocycles. The average molecular weight is 377 g/mol. The van der Waals surface area contributed by atoms with Crippen molar-refractivity contribution in [1.82, 2.24) is 15.2 Å². The van der Waals surface area contributed by atoms with E-state index in [-0.39, 0.29) is 6.03 Å². The maximum absolute atomic E-state index is 12.4. The molecule has 1 atom stereocenters. The van der Waals surface area contributed by atoms with Gasteiger partial charge >= 0.3 is 6.03 Å². The Balaban J connectivity index is 1.34. The number of likely N-dealkylation sites (tertiary alicyclic amines) is 1. The number of anilines is 1. The van der Waals surface area contributed by atoms with Crippen molar-refractivity contribution >= 4 is 22.6 Å². The standard InChI is InChI=1S/C23H28N4O/c1-17-6-2-3-13-27(17)16-18-7-4-9-20(14-18)26-23(28)25-15-19-8-5-10-22-21(19)11-12-24-22/h4-5,7-12,14,17,24H,2-3,6,13,15-16H2,1H3,(H2,25,26,28). The number of nitrogens with one attached hydrogen (secondary N) is 3. The van der Waals surface area contributed by atoms with E-state index in [1.165, 1.54) is 24.8 Å². The molecule has 28 heavy (non-hydrogen) atoms. The topological polar surface area (TPSA) is 60.2 Å². The van der Waals surface area contributed by atoms with E-state index in [2.05, 4.69) is 39.6 Å². The lowest BCUT2D eigenvalue weighted by Gasteiger charge is -2.33. The highest BCUT2D eigenvalue weighted by atomic mass is 16.2. The van der Waals surface area contributed by atoms with Gasteiger partial charge in [-0.2, -0.15) is 0 Å². The minimum Gasteiger partial charge on any atom is -0.361 e. The van der Waals surface area contributed by atoms with Gasteiger partial charge in [-0.3, -0.25) is 4.90 Å². The highest BCUT2D eigenvalue weighted by Gasteiger charge is 2.18. The highest BCUT2D eigenvalue weighted by Crippen LogP contribution is 2.21. The number of aromatic amines is 1. The number of carbonyl (C=O) groups is 1. The normalized spacial score (nSPS) is 17.5. The van der Waals surface area contributed by atoms with Gasteiger partial charge in [0.1, 0.15) is 0 Å². The molecule has 5 heteroatoms. The van der Waals surface area contributed by atoms with Crippen LogP contribution in [0.1, 0.15) is 37.3 Å². The van der Waals surface area contributed by atoms with Gasteiger partial charge in [-0.1, -0.05) is 30.7 Å². The van der Waals surface area contributed by atoms with E-state index in [1.807, 2.05) is 42.6 Å². The first kappa shape index (κ1) is 18.6. The summed E-state index contributed by atoms with van der Waals surface area (Å²) < 4.78 is 0. The Labute approximate surface area is 166 Å². The van der Waals surface area contributed by atoms with Crippen LogP contribution in [0.5, 0.6) is 0 Å². The Bertz CT molecular complexity index is 948. The van der Waals surface area contributed by atoms with Gasteiger partial charge in [0.05, 0.1) is 0 Å². The van der Waals surface area contributed by atoms with Gasteiger partial charge in [0, 0.05) is 41.9 Å². The molecule has 0 radical (unpaired) electrons. The molecular weight excluding hydrogens is 348 g/mol. The van der Waals surface area contributed by atoms with Gasteiger partial charge in [-0.15, -0.1) is 0 Å². The second-order valence-corrected chi connectivity index (χ2v) is 7.68. The molecule has 0 saturated carbocycles. The van der Waals surface area contributed by atoms with E-state index < -0.39 is 0 Å². The number of fused-ring (bicyclic) bond motifs is 1. The molecule has 1 aliphatic rings. The number of urea groups is 1. The second-order valence-electron chi connectivity index (χ2n) is 7.68. The van der Waals surface area contributed by atoms with Crippen molar-refractivity contribution in [2.24, 2.45) is 0 Å². The van der Waals surface area contributed by atoms with Crippen molar-refractivity contribution in [1.29, 1.82) is 0 Å². The second kappa shape index (κ2) is 8.48. The van der Waals surface area contributed by atoms with Crippen molar-refractivity contribution in [2.75, 3.05) is 11.9 Å². The first-order valence-corrected chi connectivity index (χ1v) is 10.1. The predicted molar refractivity (Wildman–Crippen MR) is 114 cm³/mol. The Morgan fingerprint density at radius 2 is 2.07 bits per heavy atom. The van der Waals surface area contributed by atoms with Gasteiger partial charge in [0.2, 0.25) is 0 Å².